The normalized spacial score (nSPS) is 20.9. The summed E-state index contributed by atoms with van der Waals surface area (Å²) in [6.45, 7) is 10.5. The molecular formula is C28H30BN3O2. The molecule has 2 aliphatic rings. The van der Waals surface area contributed by atoms with E-state index in [2.05, 4.69) is 52.8 Å². The van der Waals surface area contributed by atoms with Crippen molar-refractivity contribution >= 4 is 18.2 Å². The number of allylic oxidation sites excluding steroid dienone is 4. The lowest BCUT2D eigenvalue weighted by Gasteiger charge is -2.32. The van der Waals surface area contributed by atoms with Gasteiger partial charge in [0.05, 0.1) is 11.2 Å². The van der Waals surface area contributed by atoms with Gasteiger partial charge in [0.1, 0.15) is 0 Å². The Morgan fingerprint density at radius 2 is 1.32 bits per heavy atom. The second kappa shape index (κ2) is 8.60. The Balaban J connectivity index is 1.52. The Labute approximate surface area is 202 Å². The van der Waals surface area contributed by atoms with Crippen molar-refractivity contribution in [3.63, 3.8) is 0 Å². The fourth-order valence-electron chi connectivity index (χ4n) is 4.11. The van der Waals surface area contributed by atoms with Crippen LogP contribution >= 0.6 is 0 Å². The molecule has 3 aromatic rings. The minimum absolute atomic E-state index is 0.373. The van der Waals surface area contributed by atoms with Crippen molar-refractivity contribution in [1.29, 1.82) is 0 Å². The van der Waals surface area contributed by atoms with E-state index in [9.17, 15) is 0 Å². The van der Waals surface area contributed by atoms with E-state index < -0.39 is 7.12 Å². The summed E-state index contributed by atoms with van der Waals surface area (Å²) in [4.78, 5) is 14.5. The molecule has 1 unspecified atom stereocenters. The minimum Gasteiger partial charge on any atom is -0.399 e. The predicted molar refractivity (Wildman–Crippen MR) is 137 cm³/mol. The molecule has 0 radical (unpaired) electrons. The second-order valence-corrected chi connectivity index (χ2v) is 10.1. The van der Waals surface area contributed by atoms with Crippen LogP contribution in [0.1, 0.15) is 46.9 Å². The molecule has 0 bridgehead atoms. The highest BCUT2D eigenvalue weighted by Gasteiger charge is 2.51. The van der Waals surface area contributed by atoms with Crippen LogP contribution in [0.5, 0.6) is 0 Å². The lowest BCUT2D eigenvalue weighted by Crippen LogP contribution is -2.41. The smallest absolute Gasteiger partial charge is 0.399 e. The third-order valence-corrected chi connectivity index (χ3v) is 6.89. The van der Waals surface area contributed by atoms with Crippen LogP contribution in [-0.2, 0) is 9.31 Å². The zero-order valence-corrected chi connectivity index (χ0v) is 20.4. The van der Waals surface area contributed by atoms with Gasteiger partial charge >= 0.3 is 7.12 Å². The summed E-state index contributed by atoms with van der Waals surface area (Å²) in [6.07, 6.45) is 7.56. The topological polar surface area (TPSA) is 57.1 Å². The summed E-state index contributed by atoms with van der Waals surface area (Å²) in [7, 11) is -0.396. The molecule has 0 amide bonds. The van der Waals surface area contributed by atoms with Crippen molar-refractivity contribution in [2.24, 2.45) is 5.92 Å². The van der Waals surface area contributed by atoms with Gasteiger partial charge in [0.2, 0.25) is 0 Å². The molecule has 1 aromatic heterocycles. The van der Waals surface area contributed by atoms with E-state index in [0.717, 1.165) is 28.6 Å². The molecule has 2 heterocycles. The van der Waals surface area contributed by atoms with Crippen molar-refractivity contribution < 1.29 is 9.31 Å². The van der Waals surface area contributed by atoms with Gasteiger partial charge in [0, 0.05) is 16.7 Å². The van der Waals surface area contributed by atoms with E-state index in [1.54, 1.807) is 0 Å². The molecule has 0 saturated carbocycles. The van der Waals surface area contributed by atoms with Crippen molar-refractivity contribution in [3.8, 4) is 22.8 Å². The lowest BCUT2D eigenvalue weighted by molar-refractivity contribution is 0.00578. The van der Waals surface area contributed by atoms with Crippen molar-refractivity contribution in [1.82, 2.24) is 15.0 Å². The number of hydrogen-bond acceptors (Lipinski definition) is 5. The molecule has 0 spiro atoms. The first-order valence-corrected chi connectivity index (χ1v) is 11.9. The van der Waals surface area contributed by atoms with Gasteiger partial charge in [0.15, 0.2) is 17.5 Å². The Kier molecular flexibility index (Phi) is 5.74. The maximum absolute atomic E-state index is 6.20. The molecule has 1 fully saturated rings. The monoisotopic (exact) mass is 451 g/mol. The Morgan fingerprint density at radius 3 is 1.91 bits per heavy atom. The van der Waals surface area contributed by atoms with E-state index >= 15 is 0 Å². The van der Waals surface area contributed by atoms with Crippen LogP contribution < -0.4 is 5.46 Å². The fraction of sp³-hybridized carbons (Fsp3) is 0.321. The third-order valence-electron chi connectivity index (χ3n) is 6.89. The van der Waals surface area contributed by atoms with Gasteiger partial charge in [-0.2, -0.15) is 0 Å². The van der Waals surface area contributed by atoms with Gasteiger partial charge in [0.25, 0.3) is 0 Å². The number of benzene rings is 2. The summed E-state index contributed by atoms with van der Waals surface area (Å²) in [5, 5.41) is 0. The van der Waals surface area contributed by atoms with Gasteiger partial charge in [-0.05, 0) is 45.5 Å². The van der Waals surface area contributed by atoms with E-state index in [0.29, 0.717) is 23.4 Å². The molecule has 1 atom stereocenters. The number of hydrogen-bond donors (Lipinski definition) is 0. The summed E-state index contributed by atoms with van der Waals surface area (Å²) in [5.41, 5.74) is 3.16. The van der Waals surface area contributed by atoms with Gasteiger partial charge in [-0.1, -0.05) is 79.7 Å². The van der Waals surface area contributed by atoms with E-state index in [1.807, 2.05) is 54.6 Å². The highest BCUT2D eigenvalue weighted by molar-refractivity contribution is 6.62. The first kappa shape index (κ1) is 22.7. The lowest BCUT2D eigenvalue weighted by atomic mass is 9.79. The highest BCUT2D eigenvalue weighted by atomic mass is 16.7. The van der Waals surface area contributed by atoms with Crippen LogP contribution in [0.2, 0.25) is 0 Å². The van der Waals surface area contributed by atoms with Crippen molar-refractivity contribution in [3.05, 3.63) is 78.6 Å². The first-order valence-electron chi connectivity index (χ1n) is 11.9. The van der Waals surface area contributed by atoms with Crippen LogP contribution in [0.4, 0.5) is 0 Å². The summed E-state index contributed by atoms with van der Waals surface area (Å²) < 4.78 is 12.4. The molecule has 6 heteroatoms. The third kappa shape index (κ3) is 4.36. The summed E-state index contributed by atoms with van der Waals surface area (Å²) in [6, 6.07) is 18.2. The van der Waals surface area contributed by atoms with Gasteiger partial charge in [-0.15, -0.1) is 0 Å². The quantitative estimate of drug-likeness (QED) is 0.492. The van der Waals surface area contributed by atoms with Gasteiger partial charge in [-0.3, -0.25) is 0 Å². The van der Waals surface area contributed by atoms with Crippen molar-refractivity contribution in [2.45, 2.75) is 52.2 Å². The number of nitrogens with zero attached hydrogens (tertiary/aromatic N) is 3. The standard InChI is InChI=1S/C28H30BN3O2/c1-19-10-9-13-22(18-19)26-31-24(20-11-7-6-8-12-20)30-25(32-26)21-14-16-23(17-15-21)29-33-27(2,3)28(4,5)34-29/h6-9,11-19H,10H2,1-5H3. The van der Waals surface area contributed by atoms with Crippen LogP contribution in [0, 0.1) is 5.92 Å². The van der Waals surface area contributed by atoms with Gasteiger partial charge in [-0.25, -0.2) is 15.0 Å². The largest absolute Gasteiger partial charge is 0.494 e. The zero-order valence-electron chi connectivity index (χ0n) is 20.4. The van der Waals surface area contributed by atoms with Crippen LogP contribution in [0.15, 0.2) is 72.8 Å². The fourth-order valence-corrected chi connectivity index (χ4v) is 4.11. The zero-order chi connectivity index (χ0) is 23.9. The molecule has 34 heavy (non-hydrogen) atoms. The molecule has 1 aliphatic heterocycles. The SMILES string of the molecule is CC1C=C(c2nc(-c3ccccc3)nc(-c3ccc(B4OC(C)(C)C(C)(C)O4)cc3)n2)C=CC1. The Hall–Kier alpha value is -3.09. The molecule has 172 valence electrons. The molecular weight excluding hydrogens is 421 g/mol. The van der Waals surface area contributed by atoms with E-state index in [4.69, 9.17) is 24.3 Å². The molecule has 5 rings (SSSR count). The van der Waals surface area contributed by atoms with E-state index in [-0.39, 0.29) is 11.2 Å². The predicted octanol–water partition coefficient (Wildman–Crippen LogP) is 5.48. The molecule has 1 aliphatic carbocycles. The summed E-state index contributed by atoms with van der Waals surface area (Å²) in [5.74, 6) is 2.47. The maximum atomic E-state index is 6.20. The van der Waals surface area contributed by atoms with Crippen LogP contribution in [-0.4, -0.2) is 33.3 Å². The number of rotatable bonds is 4. The second-order valence-electron chi connectivity index (χ2n) is 10.1. The maximum Gasteiger partial charge on any atom is 0.494 e. The van der Waals surface area contributed by atoms with Crippen LogP contribution in [0.25, 0.3) is 28.3 Å². The molecule has 0 N–H and O–H groups in total. The van der Waals surface area contributed by atoms with Crippen LogP contribution in [0.3, 0.4) is 0 Å². The average molecular weight is 451 g/mol. The van der Waals surface area contributed by atoms with E-state index in [1.165, 1.54) is 0 Å². The van der Waals surface area contributed by atoms with Gasteiger partial charge < -0.3 is 9.31 Å². The molecule has 2 aromatic carbocycles. The minimum atomic E-state index is -0.396. The molecule has 1 saturated heterocycles. The Morgan fingerprint density at radius 1 is 0.765 bits per heavy atom. The Bertz CT molecular complexity index is 1230. The highest BCUT2D eigenvalue weighted by Crippen LogP contribution is 2.36. The average Bonchev–Trinajstić information content (AvgIpc) is 3.06. The molecule has 5 nitrogen and oxygen atoms in total. The van der Waals surface area contributed by atoms with Crippen molar-refractivity contribution in [2.75, 3.05) is 0 Å². The summed E-state index contributed by atoms with van der Waals surface area (Å²) >= 11 is 0. The number of aromatic nitrogens is 3. The first-order chi connectivity index (χ1) is 16.2.